The van der Waals surface area contributed by atoms with Crippen molar-refractivity contribution in [2.24, 2.45) is 0 Å². The quantitative estimate of drug-likeness (QED) is 0.577. The Morgan fingerprint density at radius 2 is 1.72 bits per heavy atom. The fourth-order valence-electron chi connectivity index (χ4n) is 1.61. The first kappa shape index (κ1) is 16.1. The molecule has 0 aliphatic carbocycles. The van der Waals surface area contributed by atoms with Crippen LogP contribution in [0.1, 0.15) is 53.1 Å². The Bertz CT molecular complexity index is 441. The highest BCUT2D eigenvalue weighted by molar-refractivity contribution is 14.1. The third-order valence-corrected chi connectivity index (χ3v) is 4.18. The maximum absolute atomic E-state index is 6.22. The summed E-state index contributed by atoms with van der Waals surface area (Å²) in [4.78, 5) is 9.03. The van der Waals surface area contributed by atoms with Crippen molar-refractivity contribution in [3.05, 3.63) is 20.2 Å². The minimum atomic E-state index is -0.525. The van der Waals surface area contributed by atoms with Crippen molar-refractivity contribution in [2.75, 3.05) is 6.61 Å². The average Bonchev–Trinajstić information content (AvgIpc) is 2.19. The van der Waals surface area contributed by atoms with E-state index in [-0.39, 0.29) is 5.41 Å². The van der Waals surface area contributed by atoms with E-state index in [0.717, 1.165) is 9.26 Å². The minimum absolute atomic E-state index is 0.0693. The molecule has 1 heterocycles. The monoisotopic (exact) mass is 382 g/mol. The van der Waals surface area contributed by atoms with Crippen molar-refractivity contribution in [2.45, 2.75) is 52.6 Å². The molecule has 0 radical (unpaired) electrons. The molecule has 18 heavy (non-hydrogen) atoms. The summed E-state index contributed by atoms with van der Waals surface area (Å²) in [5, 5.41) is 0.498. The molecule has 0 fully saturated rings. The molecule has 0 bridgehead atoms. The van der Waals surface area contributed by atoms with Crippen LogP contribution in [0.5, 0.6) is 0 Å². The van der Waals surface area contributed by atoms with Crippen LogP contribution in [-0.2, 0) is 15.8 Å². The zero-order valence-electron chi connectivity index (χ0n) is 11.8. The molecule has 1 rings (SSSR count). The molecular formula is C13H20ClIN2O. The van der Waals surface area contributed by atoms with Gasteiger partial charge < -0.3 is 4.74 Å². The van der Waals surface area contributed by atoms with Crippen molar-refractivity contribution in [1.82, 2.24) is 9.97 Å². The Morgan fingerprint density at radius 1 is 1.17 bits per heavy atom. The Kier molecular flexibility index (Phi) is 5.00. The second-order valence-electron chi connectivity index (χ2n) is 5.69. The topological polar surface area (TPSA) is 35.0 Å². The summed E-state index contributed by atoms with van der Waals surface area (Å²) in [7, 11) is 0. The van der Waals surface area contributed by atoms with Gasteiger partial charge >= 0.3 is 0 Å². The zero-order chi connectivity index (χ0) is 14.1. The summed E-state index contributed by atoms with van der Waals surface area (Å²) in [6.07, 6.45) is 0. The molecule has 0 saturated heterocycles. The average molecular weight is 383 g/mol. The van der Waals surface area contributed by atoms with Crippen molar-refractivity contribution < 1.29 is 4.74 Å². The van der Waals surface area contributed by atoms with Crippen LogP contribution in [0.3, 0.4) is 0 Å². The second kappa shape index (κ2) is 5.59. The summed E-state index contributed by atoms with van der Waals surface area (Å²) >= 11 is 8.42. The first-order valence-electron chi connectivity index (χ1n) is 5.97. The zero-order valence-corrected chi connectivity index (χ0v) is 14.7. The lowest BCUT2D eigenvalue weighted by Gasteiger charge is -2.27. The van der Waals surface area contributed by atoms with E-state index in [1.165, 1.54) is 0 Å². The maximum atomic E-state index is 6.22. The Balaban J connectivity index is 3.38. The van der Waals surface area contributed by atoms with Crippen LogP contribution < -0.4 is 0 Å². The van der Waals surface area contributed by atoms with Crippen molar-refractivity contribution >= 4 is 34.2 Å². The van der Waals surface area contributed by atoms with E-state index in [0.29, 0.717) is 17.6 Å². The van der Waals surface area contributed by atoms with Gasteiger partial charge in [-0.25, -0.2) is 9.97 Å². The summed E-state index contributed by atoms with van der Waals surface area (Å²) in [6.45, 7) is 12.8. The lowest BCUT2D eigenvalue weighted by atomic mass is 9.91. The standard InChI is InChI=1S/C13H20ClIN2O/c1-7-18-13(5,6)11-16-9(12(2,3)4)8(15)10(14)17-11/h7H2,1-6H3. The smallest absolute Gasteiger partial charge is 0.161 e. The van der Waals surface area contributed by atoms with E-state index < -0.39 is 5.60 Å². The number of aromatic nitrogens is 2. The van der Waals surface area contributed by atoms with Gasteiger partial charge in [-0.3, -0.25) is 0 Å². The number of rotatable bonds is 3. The highest BCUT2D eigenvalue weighted by Crippen LogP contribution is 2.32. The molecule has 3 nitrogen and oxygen atoms in total. The predicted molar refractivity (Wildman–Crippen MR) is 83.1 cm³/mol. The Morgan fingerprint density at radius 3 is 2.17 bits per heavy atom. The van der Waals surface area contributed by atoms with Gasteiger partial charge in [0.25, 0.3) is 0 Å². The molecule has 0 N–H and O–H groups in total. The summed E-state index contributed by atoms with van der Waals surface area (Å²) in [6, 6.07) is 0. The lowest BCUT2D eigenvalue weighted by molar-refractivity contribution is -0.0211. The molecule has 0 atom stereocenters. The van der Waals surface area contributed by atoms with Gasteiger partial charge in [-0.05, 0) is 43.4 Å². The molecule has 0 aliphatic rings. The third-order valence-electron chi connectivity index (χ3n) is 2.56. The number of hydrogen-bond donors (Lipinski definition) is 0. The van der Waals surface area contributed by atoms with Gasteiger partial charge in [0.15, 0.2) is 5.82 Å². The molecule has 0 spiro atoms. The largest absolute Gasteiger partial charge is 0.368 e. The highest BCUT2D eigenvalue weighted by Gasteiger charge is 2.29. The Hall–Kier alpha value is 0.0600. The van der Waals surface area contributed by atoms with Crippen LogP contribution >= 0.6 is 34.2 Å². The first-order valence-corrected chi connectivity index (χ1v) is 7.43. The van der Waals surface area contributed by atoms with Crippen LogP contribution in [0, 0.1) is 3.57 Å². The van der Waals surface area contributed by atoms with Gasteiger partial charge in [0.1, 0.15) is 10.8 Å². The molecule has 1 aromatic heterocycles. The molecule has 102 valence electrons. The molecule has 1 aromatic rings. The molecule has 5 heteroatoms. The van der Waals surface area contributed by atoms with E-state index in [4.69, 9.17) is 16.3 Å². The van der Waals surface area contributed by atoms with E-state index >= 15 is 0 Å². The molecule has 0 unspecified atom stereocenters. The van der Waals surface area contributed by atoms with Crippen LogP contribution in [0.25, 0.3) is 0 Å². The SMILES string of the molecule is CCOC(C)(C)c1nc(Cl)c(I)c(C(C)(C)C)n1. The number of ether oxygens (including phenoxy) is 1. The van der Waals surface area contributed by atoms with E-state index in [2.05, 4.69) is 53.3 Å². The van der Waals surface area contributed by atoms with Gasteiger partial charge in [0.2, 0.25) is 0 Å². The van der Waals surface area contributed by atoms with E-state index in [1.54, 1.807) is 0 Å². The van der Waals surface area contributed by atoms with Crippen LogP contribution in [0.15, 0.2) is 0 Å². The fourth-order valence-corrected chi connectivity index (χ4v) is 2.83. The van der Waals surface area contributed by atoms with Crippen molar-refractivity contribution in [3.8, 4) is 0 Å². The highest BCUT2D eigenvalue weighted by atomic mass is 127. The van der Waals surface area contributed by atoms with Gasteiger partial charge in [-0.1, -0.05) is 32.4 Å². The second-order valence-corrected chi connectivity index (χ2v) is 7.13. The van der Waals surface area contributed by atoms with E-state index in [1.807, 2.05) is 20.8 Å². The third kappa shape index (κ3) is 3.54. The van der Waals surface area contributed by atoms with Crippen molar-refractivity contribution in [3.63, 3.8) is 0 Å². The number of nitrogens with zero attached hydrogens (tertiary/aromatic N) is 2. The fraction of sp³-hybridized carbons (Fsp3) is 0.692. The maximum Gasteiger partial charge on any atom is 0.161 e. The molecule has 0 amide bonds. The summed E-state index contributed by atoms with van der Waals surface area (Å²) in [5.41, 5.74) is 0.369. The molecular weight excluding hydrogens is 363 g/mol. The molecule has 0 saturated carbocycles. The predicted octanol–water partition coefficient (Wildman–Crippen LogP) is 4.30. The van der Waals surface area contributed by atoms with Crippen LogP contribution in [0.2, 0.25) is 5.15 Å². The van der Waals surface area contributed by atoms with E-state index in [9.17, 15) is 0 Å². The first-order chi connectivity index (χ1) is 8.09. The van der Waals surface area contributed by atoms with Crippen LogP contribution in [0.4, 0.5) is 0 Å². The minimum Gasteiger partial charge on any atom is -0.368 e. The van der Waals surface area contributed by atoms with Gasteiger partial charge in [-0.2, -0.15) is 0 Å². The van der Waals surface area contributed by atoms with Crippen molar-refractivity contribution in [1.29, 1.82) is 0 Å². The van der Waals surface area contributed by atoms with Gasteiger partial charge in [0.05, 0.1) is 9.26 Å². The number of halogens is 2. The lowest BCUT2D eigenvalue weighted by Crippen LogP contribution is -2.28. The van der Waals surface area contributed by atoms with Crippen LogP contribution in [-0.4, -0.2) is 16.6 Å². The number of hydrogen-bond acceptors (Lipinski definition) is 3. The normalized spacial score (nSPS) is 12.9. The Labute approximate surface area is 128 Å². The van der Waals surface area contributed by atoms with Gasteiger partial charge in [-0.15, -0.1) is 0 Å². The summed E-state index contributed by atoms with van der Waals surface area (Å²) in [5.74, 6) is 0.639. The summed E-state index contributed by atoms with van der Waals surface area (Å²) < 4.78 is 6.61. The molecule has 0 aliphatic heterocycles. The van der Waals surface area contributed by atoms with Gasteiger partial charge in [0, 0.05) is 12.0 Å². The molecule has 0 aromatic carbocycles.